The number of rotatable bonds is 1. The van der Waals surface area contributed by atoms with E-state index in [1.165, 1.54) is 6.33 Å². The van der Waals surface area contributed by atoms with Gasteiger partial charge in [0.1, 0.15) is 6.33 Å². The van der Waals surface area contributed by atoms with Crippen LogP contribution in [0.1, 0.15) is 12.8 Å². The second kappa shape index (κ2) is 3.30. The molecule has 1 saturated heterocycles. The SMILES string of the molecule is Nc1nc(N)c2ncn(N3CCCC3=O)c2n1. The van der Waals surface area contributed by atoms with Crippen molar-refractivity contribution in [2.24, 2.45) is 0 Å². The first-order valence-electron chi connectivity index (χ1n) is 5.23. The van der Waals surface area contributed by atoms with Crippen molar-refractivity contribution in [3.63, 3.8) is 0 Å². The summed E-state index contributed by atoms with van der Waals surface area (Å²) in [7, 11) is 0. The van der Waals surface area contributed by atoms with Gasteiger partial charge in [0.15, 0.2) is 17.0 Å². The number of fused-ring (bicyclic) bond motifs is 1. The highest BCUT2D eigenvalue weighted by Crippen LogP contribution is 2.19. The molecule has 88 valence electrons. The predicted molar refractivity (Wildman–Crippen MR) is 61.5 cm³/mol. The molecule has 0 bridgehead atoms. The summed E-state index contributed by atoms with van der Waals surface area (Å²) in [6.45, 7) is 0.647. The van der Waals surface area contributed by atoms with Gasteiger partial charge in [-0.25, -0.2) is 14.7 Å². The Labute approximate surface area is 96.2 Å². The lowest BCUT2D eigenvalue weighted by Crippen LogP contribution is -2.35. The number of carbonyl (C=O) groups is 1. The molecule has 4 N–H and O–H groups in total. The van der Waals surface area contributed by atoms with Crippen molar-refractivity contribution in [3.05, 3.63) is 6.33 Å². The van der Waals surface area contributed by atoms with Crippen LogP contribution in [-0.2, 0) is 4.79 Å². The third-order valence-corrected chi connectivity index (χ3v) is 2.73. The number of nitrogen functional groups attached to an aromatic ring is 2. The summed E-state index contributed by atoms with van der Waals surface area (Å²) >= 11 is 0. The Morgan fingerprint density at radius 1 is 1.29 bits per heavy atom. The predicted octanol–water partition coefficient (Wildman–Crippen LogP) is -0.751. The van der Waals surface area contributed by atoms with Gasteiger partial charge in [-0.1, -0.05) is 0 Å². The Morgan fingerprint density at radius 2 is 2.12 bits per heavy atom. The lowest BCUT2D eigenvalue weighted by molar-refractivity contribution is -0.118. The summed E-state index contributed by atoms with van der Waals surface area (Å²) in [5.41, 5.74) is 12.2. The van der Waals surface area contributed by atoms with Crippen molar-refractivity contribution >= 4 is 28.8 Å². The summed E-state index contributed by atoms with van der Waals surface area (Å²) < 4.78 is 1.58. The highest BCUT2D eigenvalue weighted by Gasteiger charge is 2.24. The Kier molecular flexibility index (Phi) is 1.91. The van der Waals surface area contributed by atoms with E-state index in [1.54, 1.807) is 9.69 Å². The number of nitrogens with two attached hydrogens (primary N) is 2. The van der Waals surface area contributed by atoms with Crippen LogP contribution in [0.3, 0.4) is 0 Å². The minimum Gasteiger partial charge on any atom is -0.382 e. The number of amides is 1. The average Bonchev–Trinajstić information content (AvgIpc) is 2.84. The molecule has 17 heavy (non-hydrogen) atoms. The number of anilines is 2. The molecule has 3 rings (SSSR count). The number of imidazole rings is 1. The molecule has 0 aliphatic carbocycles. The molecule has 2 aromatic rings. The molecule has 8 nitrogen and oxygen atoms in total. The van der Waals surface area contributed by atoms with Crippen LogP contribution in [-0.4, -0.2) is 32.1 Å². The second-order valence-electron chi connectivity index (χ2n) is 3.85. The molecule has 0 atom stereocenters. The van der Waals surface area contributed by atoms with Crippen molar-refractivity contribution < 1.29 is 4.79 Å². The zero-order valence-corrected chi connectivity index (χ0v) is 9.00. The van der Waals surface area contributed by atoms with Crippen molar-refractivity contribution in [3.8, 4) is 0 Å². The van der Waals surface area contributed by atoms with E-state index in [4.69, 9.17) is 11.5 Å². The molecule has 2 aromatic heterocycles. The lowest BCUT2D eigenvalue weighted by Gasteiger charge is -2.16. The quantitative estimate of drug-likeness (QED) is 0.669. The van der Waals surface area contributed by atoms with Crippen LogP contribution in [0.15, 0.2) is 6.33 Å². The van der Waals surface area contributed by atoms with Crippen LogP contribution in [0.2, 0.25) is 0 Å². The van der Waals surface area contributed by atoms with Gasteiger partial charge in [-0.05, 0) is 6.42 Å². The number of hydrogen-bond acceptors (Lipinski definition) is 6. The van der Waals surface area contributed by atoms with E-state index < -0.39 is 0 Å². The molecular weight excluding hydrogens is 222 g/mol. The highest BCUT2D eigenvalue weighted by molar-refractivity contribution is 5.91. The van der Waals surface area contributed by atoms with Gasteiger partial charge in [0, 0.05) is 13.0 Å². The Bertz CT molecular complexity index is 605. The van der Waals surface area contributed by atoms with Crippen LogP contribution in [0.25, 0.3) is 11.2 Å². The molecule has 0 spiro atoms. The Morgan fingerprint density at radius 3 is 2.82 bits per heavy atom. The van der Waals surface area contributed by atoms with Crippen LogP contribution in [0.5, 0.6) is 0 Å². The molecule has 0 aromatic carbocycles. The molecule has 1 amide bonds. The smallest absolute Gasteiger partial charge is 0.241 e. The van der Waals surface area contributed by atoms with Gasteiger partial charge in [-0.3, -0.25) is 4.79 Å². The van der Waals surface area contributed by atoms with E-state index in [1.807, 2.05) is 0 Å². The second-order valence-corrected chi connectivity index (χ2v) is 3.85. The van der Waals surface area contributed by atoms with E-state index >= 15 is 0 Å². The third kappa shape index (κ3) is 1.37. The van der Waals surface area contributed by atoms with Crippen molar-refractivity contribution in [2.45, 2.75) is 12.8 Å². The van der Waals surface area contributed by atoms with E-state index in [0.29, 0.717) is 24.1 Å². The van der Waals surface area contributed by atoms with Crippen molar-refractivity contribution in [1.29, 1.82) is 0 Å². The van der Waals surface area contributed by atoms with Gasteiger partial charge >= 0.3 is 0 Å². The maximum absolute atomic E-state index is 11.7. The highest BCUT2D eigenvalue weighted by atomic mass is 16.2. The fourth-order valence-electron chi connectivity index (χ4n) is 1.97. The molecule has 0 unspecified atom stereocenters. The molecule has 0 saturated carbocycles. The summed E-state index contributed by atoms with van der Waals surface area (Å²) in [6, 6.07) is 0. The number of aromatic nitrogens is 4. The van der Waals surface area contributed by atoms with Crippen molar-refractivity contribution in [2.75, 3.05) is 23.0 Å². The first kappa shape index (κ1) is 9.82. The monoisotopic (exact) mass is 233 g/mol. The van der Waals surface area contributed by atoms with Gasteiger partial charge in [-0.2, -0.15) is 9.97 Å². The number of nitrogens with zero attached hydrogens (tertiary/aromatic N) is 5. The van der Waals surface area contributed by atoms with E-state index in [9.17, 15) is 4.79 Å². The van der Waals surface area contributed by atoms with Gasteiger partial charge in [0.2, 0.25) is 11.9 Å². The molecule has 0 radical (unpaired) electrons. The first-order valence-corrected chi connectivity index (χ1v) is 5.23. The Balaban J connectivity index is 2.20. The van der Waals surface area contributed by atoms with Gasteiger partial charge < -0.3 is 11.5 Å². The van der Waals surface area contributed by atoms with Crippen LogP contribution in [0.4, 0.5) is 11.8 Å². The maximum atomic E-state index is 11.7. The summed E-state index contributed by atoms with van der Waals surface area (Å²) in [4.78, 5) is 23.7. The zero-order valence-electron chi connectivity index (χ0n) is 9.00. The molecule has 1 fully saturated rings. The van der Waals surface area contributed by atoms with Crippen molar-refractivity contribution in [1.82, 2.24) is 19.6 Å². The van der Waals surface area contributed by atoms with Gasteiger partial charge in [-0.15, -0.1) is 0 Å². The Hall–Kier alpha value is -2.38. The first-order chi connectivity index (χ1) is 8.16. The molecule has 1 aliphatic rings. The minimum atomic E-state index is 0.0417. The average molecular weight is 233 g/mol. The lowest BCUT2D eigenvalue weighted by atomic mass is 10.4. The zero-order chi connectivity index (χ0) is 12.0. The largest absolute Gasteiger partial charge is 0.382 e. The summed E-state index contributed by atoms with van der Waals surface area (Å²) in [6.07, 6.45) is 2.88. The van der Waals surface area contributed by atoms with E-state index in [2.05, 4.69) is 15.0 Å². The standard InChI is InChI=1S/C9H11N7O/c10-7-6-8(14-9(11)13-7)16(4-12-6)15-3-1-2-5(15)17/h4H,1-3H2,(H4,10,11,13,14). The normalized spacial score (nSPS) is 16.0. The summed E-state index contributed by atoms with van der Waals surface area (Å²) in [5.74, 6) is 0.335. The molecule has 1 aliphatic heterocycles. The fourth-order valence-corrected chi connectivity index (χ4v) is 1.97. The third-order valence-electron chi connectivity index (χ3n) is 2.73. The molecular formula is C9H11N7O. The summed E-state index contributed by atoms with van der Waals surface area (Å²) in [5, 5.41) is 1.58. The molecule has 8 heteroatoms. The van der Waals surface area contributed by atoms with Crippen LogP contribution < -0.4 is 16.5 Å². The minimum absolute atomic E-state index is 0.0417. The molecule has 3 heterocycles. The van der Waals surface area contributed by atoms with Gasteiger partial charge in [0.25, 0.3) is 0 Å². The maximum Gasteiger partial charge on any atom is 0.241 e. The van der Waals surface area contributed by atoms with Crippen LogP contribution in [0, 0.1) is 0 Å². The number of carbonyl (C=O) groups excluding carboxylic acids is 1. The van der Waals surface area contributed by atoms with Gasteiger partial charge in [0.05, 0.1) is 0 Å². The topological polar surface area (TPSA) is 116 Å². The van der Waals surface area contributed by atoms with E-state index in [0.717, 1.165) is 6.42 Å². The van der Waals surface area contributed by atoms with Crippen LogP contribution >= 0.6 is 0 Å². The number of hydrogen-bond donors (Lipinski definition) is 2. The van der Waals surface area contributed by atoms with E-state index in [-0.39, 0.29) is 17.7 Å². The fraction of sp³-hybridized carbons (Fsp3) is 0.333.